The Labute approximate surface area is 226 Å². The molecule has 1 aliphatic heterocycles. The number of amides is 1. The Hall–Kier alpha value is -2.99. The van der Waals surface area contributed by atoms with Crippen LogP contribution in [0.15, 0.2) is 54.9 Å². The number of hydrogen-bond donors (Lipinski definition) is 2. The molecule has 0 spiro atoms. The van der Waals surface area contributed by atoms with Crippen LogP contribution in [0, 0.1) is 11.2 Å². The predicted molar refractivity (Wildman–Crippen MR) is 139 cm³/mol. The maximum Gasteiger partial charge on any atom is 0.254 e. The van der Waals surface area contributed by atoms with Crippen LogP contribution in [0.3, 0.4) is 0 Å². The number of hydrogen-bond acceptors (Lipinski definition) is 6. The molecule has 36 heavy (non-hydrogen) atoms. The Bertz CT molecular complexity index is 1120. The molecule has 1 aliphatic rings. The van der Waals surface area contributed by atoms with Crippen LogP contribution in [0.2, 0.25) is 0 Å². The molecule has 3 aromatic rings. The van der Waals surface area contributed by atoms with Gasteiger partial charge in [-0.15, -0.1) is 0 Å². The smallest absolute Gasteiger partial charge is 0.254 e. The van der Waals surface area contributed by atoms with E-state index in [-0.39, 0.29) is 32.1 Å². The predicted octanol–water partition coefficient (Wildman–Crippen LogP) is 5.94. The minimum absolute atomic E-state index is 0. The molecule has 2 N–H and O–H groups in total. The van der Waals surface area contributed by atoms with E-state index >= 15 is 0 Å². The van der Waals surface area contributed by atoms with Crippen molar-refractivity contribution in [1.82, 2.24) is 14.9 Å². The monoisotopic (exact) mass is 585 g/mol. The van der Waals surface area contributed by atoms with Crippen LogP contribution in [0.25, 0.3) is 11.1 Å². The van der Waals surface area contributed by atoms with Gasteiger partial charge >= 0.3 is 0 Å². The number of anilines is 2. The van der Waals surface area contributed by atoms with Crippen LogP contribution in [0.1, 0.15) is 50.5 Å². The average Bonchev–Trinajstić information content (AvgIpc) is 2.92. The van der Waals surface area contributed by atoms with Crippen molar-refractivity contribution in [3.8, 4) is 11.1 Å². The van der Waals surface area contributed by atoms with Crippen molar-refractivity contribution in [2.24, 2.45) is 0 Å². The summed E-state index contributed by atoms with van der Waals surface area (Å²) in [7, 11) is 0. The first-order valence-electron chi connectivity index (χ1n) is 11.9. The molecule has 1 aromatic heterocycles. The van der Waals surface area contributed by atoms with Crippen LogP contribution in [-0.2, 0) is 25.2 Å². The number of morpholine rings is 1. The molecule has 0 bridgehead atoms. The maximum atomic E-state index is 14.0. The summed E-state index contributed by atoms with van der Waals surface area (Å²) in [6.07, 6.45) is 3.07. The molecule has 2 aromatic carbocycles. The van der Waals surface area contributed by atoms with E-state index in [0.29, 0.717) is 65.9 Å². The Morgan fingerprint density at radius 3 is 2.22 bits per heavy atom. The molecule has 0 aliphatic carbocycles. The van der Waals surface area contributed by atoms with Crippen LogP contribution in [0.4, 0.5) is 16.0 Å². The summed E-state index contributed by atoms with van der Waals surface area (Å²) >= 11 is 0. The molecule has 1 amide bonds. The number of halogens is 1. The van der Waals surface area contributed by atoms with E-state index in [1.807, 2.05) is 27.7 Å². The van der Waals surface area contributed by atoms with E-state index in [0.717, 1.165) is 0 Å². The minimum atomic E-state index is -0.345. The van der Waals surface area contributed by atoms with Gasteiger partial charge in [0.05, 0.1) is 18.9 Å². The second kappa shape index (κ2) is 15.9. The van der Waals surface area contributed by atoms with Crippen LogP contribution in [-0.4, -0.2) is 52.8 Å². The molecule has 0 atom stereocenters. The van der Waals surface area contributed by atoms with Gasteiger partial charge in [-0.2, -0.15) is 0 Å². The normalized spacial score (nSPS) is 12.1. The van der Waals surface area contributed by atoms with E-state index in [1.165, 1.54) is 18.5 Å². The largest absolute Gasteiger partial charge is 0.378 e. The van der Waals surface area contributed by atoms with Crippen LogP contribution >= 0.6 is 0 Å². The van der Waals surface area contributed by atoms with Crippen molar-refractivity contribution in [1.29, 1.82) is 5.41 Å². The van der Waals surface area contributed by atoms with Gasteiger partial charge < -0.3 is 20.4 Å². The Balaban J connectivity index is 0.00000123. The molecule has 0 unspecified atom stereocenters. The van der Waals surface area contributed by atoms with Crippen molar-refractivity contribution in [3.63, 3.8) is 0 Å². The third-order valence-corrected chi connectivity index (χ3v) is 5.05. The van der Waals surface area contributed by atoms with Gasteiger partial charge in [-0.25, -0.2) is 14.4 Å². The zero-order chi connectivity index (χ0) is 25.8. The summed E-state index contributed by atoms with van der Waals surface area (Å²) in [5.41, 5.74) is 3.03. The van der Waals surface area contributed by atoms with Gasteiger partial charge in [0.1, 0.15) is 5.82 Å². The fourth-order valence-electron chi connectivity index (χ4n) is 3.40. The van der Waals surface area contributed by atoms with Gasteiger partial charge in [0.15, 0.2) is 0 Å². The third-order valence-electron chi connectivity index (χ3n) is 5.05. The number of carbonyl (C=O) groups excluding carboxylic acids is 1. The topological polar surface area (TPSA) is 91.2 Å². The van der Waals surface area contributed by atoms with Gasteiger partial charge in [-0.05, 0) is 25.1 Å². The summed E-state index contributed by atoms with van der Waals surface area (Å²) < 4.78 is 19.3. The van der Waals surface area contributed by atoms with Gasteiger partial charge in [0, 0.05) is 73.9 Å². The molecule has 4 rings (SSSR count). The van der Waals surface area contributed by atoms with E-state index < -0.39 is 0 Å². The zero-order valence-electron chi connectivity index (χ0n) is 21.4. The molecule has 7 nitrogen and oxygen atoms in total. The standard InChI is InChI=1S/C23H22FN5O2.2C2H6.Pd/c1-15(25)18-7-6-16(22(30)29-8-10-31-11-9-29)12-21(18)28-23-26-13-17(14-27-23)19-4-2-3-5-20(19)24;2*1-2;/h2-7,12-14,25H,8-11H2,1H3,(H,26,27,28);2*1-2H3;. The molecule has 1 fully saturated rings. The SMILES string of the molecule is CC.CC.CC(=N)c1ccc(C(=O)N2CCOCC2)cc1Nc1ncc(-c2ccccc2F)cn1.[Pd]. The summed E-state index contributed by atoms with van der Waals surface area (Å²) in [4.78, 5) is 23.2. The molecule has 9 heteroatoms. The number of rotatable bonds is 5. The molecular weight excluding hydrogens is 552 g/mol. The van der Waals surface area contributed by atoms with Gasteiger partial charge in [0.2, 0.25) is 5.95 Å². The first-order valence-corrected chi connectivity index (χ1v) is 11.9. The second-order valence-corrected chi connectivity index (χ2v) is 7.19. The van der Waals surface area contributed by atoms with Crippen LogP contribution in [0.5, 0.6) is 0 Å². The van der Waals surface area contributed by atoms with Crippen molar-refractivity contribution in [2.45, 2.75) is 34.6 Å². The summed E-state index contributed by atoms with van der Waals surface area (Å²) in [6.45, 7) is 11.8. The summed E-state index contributed by atoms with van der Waals surface area (Å²) in [5.74, 6) is -0.141. The Kier molecular flexibility index (Phi) is 13.7. The van der Waals surface area contributed by atoms with E-state index in [9.17, 15) is 9.18 Å². The Morgan fingerprint density at radius 1 is 1.03 bits per heavy atom. The average molecular weight is 586 g/mol. The molecule has 196 valence electrons. The second-order valence-electron chi connectivity index (χ2n) is 7.19. The third kappa shape index (κ3) is 8.02. The molecule has 1 saturated heterocycles. The van der Waals surface area contributed by atoms with Gasteiger partial charge in [0.25, 0.3) is 5.91 Å². The summed E-state index contributed by atoms with van der Waals surface area (Å²) in [5, 5.41) is 11.1. The number of nitrogens with one attached hydrogen (secondary N) is 2. The fourth-order valence-corrected chi connectivity index (χ4v) is 3.40. The number of benzene rings is 2. The molecular formula is C27H34FN5O2Pd. The van der Waals surface area contributed by atoms with Crippen molar-refractivity contribution >= 4 is 23.3 Å². The number of nitrogens with zero attached hydrogens (tertiary/aromatic N) is 3. The molecule has 2 heterocycles. The fraction of sp³-hybridized carbons (Fsp3) is 0.333. The first kappa shape index (κ1) is 31.0. The van der Waals surface area contributed by atoms with E-state index in [1.54, 1.807) is 48.2 Å². The van der Waals surface area contributed by atoms with E-state index in [2.05, 4.69) is 15.3 Å². The van der Waals surface area contributed by atoms with E-state index in [4.69, 9.17) is 10.1 Å². The van der Waals surface area contributed by atoms with Crippen molar-refractivity contribution < 1.29 is 34.3 Å². The number of ether oxygens (including phenoxy) is 1. The zero-order valence-corrected chi connectivity index (χ0v) is 22.9. The molecule has 0 saturated carbocycles. The minimum Gasteiger partial charge on any atom is -0.378 e. The molecule has 0 radical (unpaired) electrons. The maximum absolute atomic E-state index is 14.0. The number of aromatic nitrogens is 2. The van der Waals surface area contributed by atoms with Crippen molar-refractivity contribution in [3.05, 3.63) is 71.8 Å². The quantitative estimate of drug-likeness (QED) is 0.286. The van der Waals surface area contributed by atoms with Gasteiger partial charge in [-0.3, -0.25) is 4.79 Å². The van der Waals surface area contributed by atoms with Gasteiger partial charge in [-0.1, -0.05) is 52.0 Å². The Morgan fingerprint density at radius 2 is 1.64 bits per heavy atom. The van der Waals surface area contributed by atoms with Crippen molar-refractivity contribution in [2.75, 3.05) is 31.6 Å². The summed E-state index contributed by atoms with van der Waals surface area (Å²) in [6, 6.07) is 11.6. The first-order chi connectivity index (χ1) is 17.0. The number of carbonyl (C=O) groups is 1. The van der Waals surface area contributed by atoms with Crippen LogP contribution < -0.4 is 5.32 Å².